The Bertz CT molecular complexity index is 1120. The minimum atomic E-state index is -1.24. The van der Waals surface area contributed by atoms with Crippen LogP contribution in [0.1, 0.15) is 27.9 Å². The van der Waals surface area contributed by atoms with Crippen LogP contribution in [0.5, 0.6) is 5.75 Å². The maximum absolute atomic E-state index is 13.6. The number of hydrogen-bond acceptors (Lipinski definition) is 5. The molecule has 0 saturated carbocycles. The molecule has 1 amide bonds. The van der Waals surface area contributed by atoms with Crippen molar-refractivity contribution in [3.05, 3.63) is 70.2 Å². The number of aliphatic hydroxyl groups is 1. The maximum atomic E-state index is 13.6. The predicted octanol–water partition coefficient (Wildman–Crippen LogP) is 4.18. The van der Waals surface area contributed by atoms with Gasteiger partial charge in [-0.05, 0) is 48.7 Å². The topological polar surface area (TPSA) is 75.8 Å². The summed E-state index contributed by atoms with van der Waals surface area (Å²) in [5.74, 6) is -0.135. The van der Waals surface area contributed by atoms with Gasteiger partial charge in [0.15, 0.2) is 0 Å². The van der Waals surface area contributed by atoms with Crippen LogP contribution in [0.2, 0.25) is 5.02 Å². The van der Waals surface area contributed by atoms with E-state index >= 15 is 0 Å². The first-order valence-electron chi connectivity index (χ1n) is 9.39. The number of nitrogens with zero attached hydrogens (tertiary/aromatic N) is 2. The number of hydrogen-bond donors (Lipinski definition) is 1. The Morgan fingerprint density at radius 1 is 1.33 bits per heavy atom. The average Bonchev–Trinajstić information content (AvgIpc) is 3.37. The third-order valence-electron chi connectivity index (χ3n) is 5.46. The van der Waals surface area contributed by atoms with Crippen molar-refractivity contribution in [2.24, 2.45) is 0 Å². The number of methoxy groups -OCH3 is 1. The number of halogens is 2. The Labute approximate surface area is 177 Å². The molecule has 1 unspecified atom stereocenters. The molecule has 6 nitrogen and oxygen atoms in total. The van der Waals surface area contributed by atoms with Gasteiger partial charge in [0.25, 0.3) is 5.91 Å². The molecule has 1 aromatic heterocycles. The molecule has 0 aliphatic carbocycles. The van der Waals surface area contributed by atoms with Gasteiger partial charge in [-0.15, -0.1) is 0 Å². The van der Waals surface area contributed by atoms with Crippen molar-refractivity contribution < 1.29 is 23.6 Å². The van der Waals surface area contributed by atoms with Crippen molar-refractivity contribution in [1.82, 2.24) is 10.1 Å². The first-order chi connectivity index (χ1) is 14.3. The van der Waals surface area contributed by atoms with Crippen molar-refractivity contribution in [2.45, 2.75) is 18.9 Å². The molecule has 0 spiro atoms. The smallest absolute Gasteiger partial charge is 0.259 e. The maximum Gasteiger partial charge on any atom is 0.259 e. The van der Waals surface area contributed by atoms with Gasteiger partial charge in [0.2, 0.25) is 0 Å². The highest BCUT2D eigenvalue weighted by atomic mass is 35.5. The summed E-state index contributed by atoms with van der Waals surface area (Å²) in [6.07, 6.45) is 1.63. The third-order valence-corrected chi connectivity index (χ3v) is 5.75. The third kappa shape index (κ3) is 3.55. The molecule has 1 fully saturated rings. The van der Waals surface area contributed by atoms with Gasteiger partial charge in [0, 0.05) is 12.1 Å². The molecule has 1 aliphatic rings. The molecule has 2 heterocycles. The fourth-order valence-corrected chi connectivity index (χ4v) is 3.98. The highest BCUT2D eigenvalue weighted by molar-refractivity contribution is 6.32. The molecule has 1 atom stereocenters. The zero-order valence-electron chi connectivity index (χ0n) is 16.5. The van der Waals surface area contributed by atoms with Crippen molar-refractivity contribution in [3.63, 3.8) is 0 Å². The number of amides is 1. The second-order valence-corrected chi connectivity index (χ2v) is 7.81. The summed E-state index contributed by atoms with van der Waals surface area (Å²) in [7, 11) is 1.52. The number of aryl methyl sites for hydroxylation is 1. The largest absolute Gasteiger partial charge is 0.495 e. The number of rotatable bonds is 4. The molecule has 1 N–H and O–H groups in total. The second kappa shape index (κ2) is 7.74. The number of carbonyl (C=O) groups excluding carboxylic acids is 1. The van der Waals surface area contributed by atoms with Crippen LogP contribution in [0, 0.1) is 12.7 Å². The van der Waals surface area contributed by atoms with E-state index in [0.29, 0.717) is 46.1 Å². The molecule has 4 rings (SSSR count). The molecule has 2 aromatic carbocycles. The lowest BCUT2D eigenvalue weighted by Crippen LogP contribution is -2.34. The van der Waals surface area contributed by atoms with Crippen LogP contribution in [-0.2, 0) is 5.60 Å². The molecule has 156 valence electrons. The normalized spacial score (nSPS) is 18.6. The van der Waals surface area contributed by atoms with Crippen molar-refractivity contribution in [2.75, 3.05) is 20.2 Å². The summed E-state index contributed by atoms with van der Waals surface area (Å²) < 4.78 is 23.8. The molecular formula is C22H20ClFN2O4. The lowest BCUT2D eigenvalue weighted by molar-refractivity contribution is 0.0416. The fourth-order valence-electron chi connectivity index (χ4n) is 3.72. The Morgan fingerprint density at radius 3 is 2.83 bits per heavy atom. The SMILES string of the molecule is COc1ccc(-c2nocc2C(=O)N2CCC(O)(c3ccc(F)c(C)c3)C2)cc1Cl. The Kier molecular flexibility index (Phi) is 5.26. The Hall–Kier alpha value is -2.90. The van der Waals surface area contributed by atoms with E-state index in [-0.39, 0.29) is 23.8 Å². The molecule has 1 aliphatic heterocycles. The van der Waals surface area contributed by atoms with Crippen LogP contribution in [0.25, 0.3) is 11.3 Å². The standard InChI is InChI=1S/C22H20ClFN2O4/c1-13-9-15(4-5-18(13)24)22(28)7-8-26(12-22)21(27)16-11-30-25-20(16)14-3-6-19(29-2)17(23)10-14/h3-6,9-11,28H,7-8,12H2,1-2H3. The van der Waals surface area contributed by atoms with Crippen molar-refractivity contribution in [3.8, 4) is 17.0 Å². The summed E-state index contributed by atoms with van der Waals surface area (Å²) in [5, 5.41) is 15.4. The van der Waals surface area contributed by atoms with E-state index in [2.05, 4.69) is 5.16 Å². The molecular weight excluding hydrogens is 411 g/mol. The predicted molar refractivity (Wildman–Crippen MR) is 109 cm³/mol. The molecule has 0 bridgehead atoms. The van der Waals surface area contributed by atoms with E-state index in [9.17, 15) is 14.3 Å². The molecule has 8 heteroatoms. The quantitative estimate of drug-likeness (QED) is 0.671. The van der Waals surface area contributed by atoms with Crippen LogP contribution in [0.4, 0.5) is 4.39 Å². The van der Waals surface area contributed by atoms with Gasteiger partial charge in [0.1, 0.15) is 34.7 Å². The molecule has 1 saturated heterocycles. The van der Waals surface area contributed by atoms with E-state index in [4.69, 9.17) is 20.9 Å². The van der Waals surface area contributed by atoms with Gasteiger partial charge >= 0.3 is 0 Å². The zero-order valence-corrected chi connectivity index (χ0v) is 17.2. The van der Waals surface area contributed by atoms with Crippen LogP contribution < -0.4 is 4.74 Å². The number of aromatic nitrogens is 1. The van der Waals surface area contributed by atoms with Gasteiger partial charge in [-0.25, -0.2) is 4.39 Å². The monoisotopic (exact) mass is 430 g/mol. The van der Waals surface area contributed by atoms with Gasteiger partial charge in [-0.2, -0.15) is 0 Å². The number of β-amino-alcohol motifs (C(OH)–C–C–N with tert-alkyl or cyclic N) is 1. The summed E-state index contributed by atoms with van der Waals surface area (Å²) in [4.78, 5) is 14.7. The molecule has 30 heavy (non-hydrogen) atoms. The van der Waals surface area contributed by atoms with Gasteiger partial charge in [-0.3, -0.25) is 4.79 Å². The van der Waals surface area contributed by atoms with Crippen LogP contribution >= 0.6 is 11.6 Å². The van der Waals surface area contributed by atoms with Crippen molar-refractivity contribution >= 4 is 17.5 Å². The van der Waals surface area contributed by atoms with Crippen LogP contribution in [0.15, 0.2) is 47.2 Å². The summed E-state index contributed by atoms with van der Waals surface area (Å²) >= 11 is 6.20. The van der Waals surface area contributed by atoms with Gasteiger partial charge in [-0.1, -0.05) is 28.9 Å². The minimum absolute atomic E-state index is 0.0882. The highest BCUT2D eigenvalue weighted by Crippen LogP contribution is 2.35. The summed E-state index contributed by atoms with van der Waals surface area (Å²) in [5.41, 5.74) is 1.04. The number of ether oxygens (including phenoxy) is 1. The van der Waals surface area contributed by atoms with E-state index in [0.717, 1.165) is 0 Å². The molecule has 0 radical (unpaired) electrons. The van der Waals surface area contributed by atoms with E-state index in [1.807, 2.05) is 0 Å². The lowest BCUT2D eigenvalue weighted by atomic mass is 9.92. The molecule has 3 aromatic rings. The van der Waals surface area contributed by atoms with Crippen LogP contribution in [0.3, 0.4) is 0 Å². The Balaban J connectivity index is 1.59. The van der Waals surface area contributed by atoms with Crippen molar-refractivity contribution in [1.29, 1.82) is 0 Å². The lowest BCUT2D eigenvalue weighted by Gasteiger charge is -2.24. The summed E-state index contributed by atoms with van der Waals surface area (Å²) in [6.45, 7) is 2.08. The average molecular weight is 431 g/mol. The van der Waals surface area contributed by atoms with Gasteiger partial charge < -0.3 is 19.3 Å². The van der Waals surface area contributed by atoms with E-state index in [1.165, 1.54) is 19.4 Å². The highest BCUT2D eigenvalue weighted by Gasteiger charge is 2.41. The minimum Gasteiger partial charge on any atom is -0.495 e. The van der Waals surface area contributed by atoms with Crippen LogP contribution in [-0.4, -0.2) is 41.3 Å². The Morgan fingerprint density at radius 2 is 2.13 bits per heavy atom. The number of carbonyl (C=O) groups is 1. The fraction of sp³-hybridized carbons (Fsp3) is 0.273. The van der Waals surface area contributed by atoms with E-state index in [1.54, 1.807) is 42.2 Å². The first-order valence-corrected chi connectivity index (χ1v) is 9.77. The number of benzene rings is 2. The number of likely N-dealkylation sites (tertiary alicyclic amines) is 1. The summed E-state index contributed by atoms with van der Waals surface area (Å²) in [6, 6.07) is 9.58. The zero-order chi connectivity index (χ0) is 21.5. The van der Waals surface area contributed by atoms with Gasteiger partial charge in [0.05, 0.1) is 18.7 Å². The first kappa shape index (κ1) is 20.4. The van der Waals surface area contributed by atoms with E-state index < -0.39 is 5.60 Å². The second-order valence-electron chi connectivity index (χ2n) is 7.40.